The number of sulfonamides is 1. The third-order valence-electron chi connectivity index (χ3n) is 1.76. The zero-order valence-corrected chi connectivity index (χ0v) is 12.9. The minimum absolute atomic E-state index is 0.147. The lowest BCUT2D eigenvalue weighted by molar-refractivity contribution is 0.491. The normalized spacial score (nSPS) is 12.8. The van der Waals surface area contributed by atoms with Crippen LogP contribution >= 0.6 is 27.5 Å². The number of nitrogens with zero attached hydrogens (tertiary/aromatic N) is 1. The number of hydrogen-bond acceptors (Lipinski definition) is 3. The first-order valence-corrected chi connectivity index (χ1v) is 7.89. The zero-order chi connectivity index (χ0) is 13.3. The summed E-state index contributed by atoms with van der Waals surface area (Å²) in [6.45, 7) is 5.34. The molecule has 0 aliphatic carbocycles. The predicted molar refractivity (Wildman–Crippen MR) is 72.0 cm³/mol. The van der Waals surface area contributed by atoms with Crippen molar-refractivity contribution < 1.29 is 8.42 Å². The summed E-state index contributed by atoms with van der Waals surface area (Å²) >= 11 is 8.93. The van der Waals surface area contributed by atoms with Crippen molar-refractivity contribution >= 4 is 37.6 Å². The van der Waals surface area contributed by atoms with Gasteiger partial charge in [-0.3, -0.25) is 0 Å². The van der Waals surface area contributed by atoms with Crippen molar-refractivity contribution in [3.8, 4) is 0 Å². The molecule has 0 aromatic carbocycles. The van der Waals surface area contributed by atoms with E-state index in [0.29, 0.717) is 11.0 Å². The smallest absolute Gasteiger partial charge is 0.239 e. The summed E-state index contributed by atoms with van der Waals surface area (Å²) in [4.78, 5) is 4.13. The summed E-state index contributed by atoms with van der Waals surface area (Å²) in [5.74, 6) is 0. The van der Waals surface area contributed by atoms with E-state index in [4.69, 9.17) is 11.6 Å². The zero-order valence-electron chi connectivity index (χ0n) is 9.79. The number of hydrogen-bond donors (Lipinski definition) is 1. The first-order chi connectivity index (χ1) is 7.65. The summed E-state index contributed by atoms with van der Waals surface area (Å²) in [5.41, 5.74) is -0.142. The Labute approximate surface area is 115 Å². The highest BCUT2D eigenvalue weighted by Crippen LogP contribution is 2.20. The molecule has 1 aromatic heterocycles. The molecule has 0 radical (unpaired) electrons. The molecule has 0 aliphatic heterocycles. The summed E-state index contributed by atoms with van der Waals surface area (Å²) in [5, 5.41) is 0.600. The van der Waals surface area contributed by atoms with Gasteiger partial charge in [0.2, 0.25) is 10.0 Å². The maximum absolute atomic E-state index is 12.1. The molecule has 0 saturated carbocycles. The monoisotopic (exact) mass is 340 g/mol. The molecule has 4 nitrogen and oxygen atoms in total. The second kappa shape index (κ2) is 5.22. The molecule has 1 heterocycles. The number of rotatable bonds is 3. The Balaban J connectivity index is 3.24. The van der Waals surface area contributed by atoms with Crippen molar-refractivity contribution in [1.82, 2.24) is 9.71 Å². The van der Waals surface area contributed by atoms with E-state index < -0.39 is 15.6 Å². The summed E-state index contributed by atoms with van der Waals surface area (Å²) in [6, 6.07) is 2.92. The van der Waals surface area contributed by atoms with Crippen molar-refractivity contribution in [3.05, 3.63) is 23.0 Å². The predicted octanol–water partition coefficient (Wildman–Crippen LogP) is 2.71. The maximum atomic E-state index is 12.1. The van der Waals surface area contributed by atoms with Gasteiger partial charge in [-0.2, -0.15) is 0 Å². The molecule has 0 amide bonds. The number of aromatic nitrogens is 1. The highest BCUT2D eigenvalue weighted by molar-refractivity contribution is 9.08. The Morgan fingerprint density at radius 1 is 1.41 bits per heavy atom. The second-order valence-electron chi connectivity index (χ2n) is 4.57. The second-order valence-corrected chi connectivity index (χ2v) is 7.17. The van der Waals surface area contributed by atoms with Gasteiger partial charge >= 0.3 is 0 Å². The summed E-state index contributed by atoms with van der Waals surface area (Å²) in [7, 11) is -3.58. The van der Waals surface area contributed by atoms with E-state index in [1.54, 1.807) is 20.8 Å². The fourth-order valence-corrected chi connectivity index (χ4v) is 3.63. The molecule has 96 valence electrons. The third kappa shape index (κ3) is 4.21. The molecule has 17 heavy (non-hydrogen) atoms. The van der Waals surface area contributed by atoms with Gasteiger partial charge in [-0.15, -0.1) is 0 Å². The molecule has 7 heteroatoms. The minimum Gasteiger partial charge on any atom is -0.239 e. The molecule has 1 N–H and O–H groups in total. The van der Waals surface area contributed by atoms with Crippen LogP contribution in [0.3, 0.4) is 0 Å². The minimum atomic E-state index is -3.58. The van der Waals surface area contributed by atoms with Crippen LogP contribution in [-0.2, 0) is 15.4 Å². The van der Waals surface area contributed by atoms with Crippen LogP contribution in [-0.4, -0.2) is 18.9 Å². The van der Waals surface area contributed by atoms with E-state index in [0.717, 1.165) is 0 Å². The lowest BCUT2D eigenvalue weighted by Crippen LogP contribution is -2.40. The van der Waals surface area contributed by atoms with Crippen molar-refractivity contribution in [2.45, 2.75) is 36.5 Å². The van der Waals surface area contributed by atoms with Gasteiger partial charge in [-0.05, 0) is 32.9 Å². The molecule has 1 rings (SSSR count). The van der Waals surface area contributed by atoms with E-state index in [1.165, 1.54) is 12.1 Å². The fourth-order valence-electron chi connectivity index (χ4n) is 1.26. The largest absolute Gasteiger partial charge is 0.242 e. The standard InChI is InChI=1S/C10H14BrClN2O2S/c1-10(2,3)14-17(15,16)8-4-5-9(12)13-7(8)6-11/h4-5,14H,6H2,1-3H3. The lowest BCUT2D eigenvalue weighted by atomic mass is 10.1. The van der Waals surface area contributed by atoms with Crippen molar-refractivity contribution in [2.75, 3.05) is 0 Å². The summed E-state index contributed by atoms with van der Waals surface area (Å²) < 4.78 is 26.8. The third-order valence-corrected chi connectivity index (χ3v) is 4.33. The van der Waals surface area contributed by atoms with Crippen molar-refractivity contribution in [1.29, 1.82) is 0 Å². The average Bonchev–Trinajstić information content (AvgIpc) is 2.13. The first-order valence-electron chi connectivity index (χ1n) is 4.91. The number of pyridine rings is 1. The highest BCUT2D eigenvalue weighted by atomic mass is 79.9. The van der Waals surface area contributed by atoms with Crippen LogP contribution in [0.25, 0.3) is 0 Å². The highest BCUT2D eigenvalue weighted by Gasteiger charge is 2.24. The van der Waals surface area contributed by atoms with Crippen LogP contribution in [0.15, 0.2) is 17.0 Å². The number of halogens is 2. The maximum Gasteiger partial charge on any atom is 0.242 e. The Morgan fingerprint density at radius 2 is 2.00 bits per heavy atom. The van der Waals surface area contributed by atoms with Gasteiger partial charge in [0.1, 0.15) is 10.0 Å². The van der Waals surface area contributed by atoms with Crippen LogP contribution in [0.5, 0.6) is 0 Å². The molecule has 0 atom stereocenters. The number of alkyl halides is 1. The van der Waals surface area contributed by atoms with Crippen LogP contribution in [0.1, 0.15) is 26.5 Å². The van der Waals surface area contributed by atoms with Crippen molar-refractivity contribution in [2.24, 2.45) is 0 Å². The lowest BCUT2D eigenvalue weighted by Gasteiger charge is -2.21. The van der Waals surface area contributed by atoms with Crippen LogP contribution in [0, 0.1) is 0 Å². The Morgan fingerprint density at radius 3 is 2.47 bits per heavy atom. The Bertz CT molecular complexity index is 512. The van der Waals surface area contributed by atoms with E-state index in [2.05, 4.69) is 25.6 Å². The first kappa shape index (κ1) is 14.9. The van der Waals surface area contributed by atoms with Crippen LogP contribution < -0.4 is 4.72 Å². The van der Waals surface area contributed by atoms with Gasteiger partial charge in [-0.1, -0.05) is 27.5 Å². The Hall–Kier alpha value is -0.170. The van der Waals surface area contributed by atoms with E-state index >= 15 is 0 Å². The van der Waals surface area contributed by atoms with Gasteiger partial charge in [-0.25, -0.2) is 18.1 Å². The van der Waals surface area contributed by atoms with E-state index in [1.807, 2.05) is 0 Å². The average molecular weight is 342 g/mol. The van der Waals surface area contributed by atoms with E-state index in [-0.39, 0.29) is 10.0 Å². The Kier molecular flexibility index (Phi) is 4.57. The molecule has 0 saturated heterocycles. The fraction of sp³-hybridized carbons (Fsp3) is 0.500. The van der Waals surface area contributed by atoms with Crippen molar-refractivity contribution in [3.63, 3.8) is 0 Å². The molecule has 0 fully saturated rings. The molecule has 0 bridgehead atoms. The van der Waals surface area contributed by atoms with Gasteiger partial charge in [0.15, 0.2) is 0 Å². The van der Waals surface area contributed by atoms with Gasteiger partial charge < -0.3 is 0 Å². The molecule has 0 aliphatic rings. The number of nitrogens with one attached hydrogen (secondary N) is 1. The van der Waals surface area contributed by atoms with Gasteiger partial charge in [0.05, 0.1) is 5.69 Å². The molecular formula is C10H14BrClN2O2S. The van der Waals surface area contributed by atoms with E-state index in [9.17, 15) is 8.42 Å². The topological polar surface area (TPSA) is 59.1 Å². The quantitative estimate of drug-likeness (QED) is 0.679. The molecule has 0 spiro atoms. The molecular weight excluding hydrogens is 328 g/mol. The van der Waals surface area contributed by atoms with Gasteiger partial charge in [0, 0.05) is 10.9 Å². The SMILES string of the molecule is CC(C)(C)NS(=O)(=O)c1ccc(Cl)nc1CBr. The van der Waals surface area contributed by atoms with Crippen LogP contribution in [0.4, 0.5) is 0 Å². The van der Waals surface area contributed by atoms with Gasteiger partial charge in [0.25, 0.3) is 0 Å². The molecule has 0 unspecified atom stereocenters. The van der Waals surface area contributed by atoms with Crippen LogP contribution in [0.2, 0.25) is 5.15 Å². The molecule has 1 aromatic rings. The summed E-state index contributed by atoms with van der Waals surface area (Å²) in [6.07, 6.45) is 0.